The third kappa shape index (κ3) is 2.46. The van der Waals surface area contributed by atoms with Crippen LogP contribution in [0.1, 0.15) is 0 Å². The van der Waals surface area contributed by atoms with Crippen LogP contribution in [-0.2, 0) is 0 Å². The smallest absolute Gasteiger partial charge is 0.138 e. The predicted octanol–water partition coefficient (Wildman–Crippen LogP) is 5.76. The molecule has 0 aliphatic heterocycles. The van der Waals surface area contributed by atoms with Gasteiger partial charge in [0.1, 0.15) is 17.2 Å². The summed E-state index contributed by atoms with van der Waals surface area (Å²) in [6.07, 6.45) is 3.62. The van der Waals surface area contributed by atoms with Gasteiger partial charge in [-0.25, -0.2) is 9.37 Å². The molecule has 0 fully saturated rings. The Morgan fingerprint density at radius 2 is 2.04 bits per heavy atom. The van der Waals surface area contributed by atoms with Crippen LogP contribution in [-0.4, -0.2) is 17.1 Å². The van der Waals surface area contributed by atoms with Crippen molar-refractivity contribution in [2.75, 3.05) is 7.11 Å². The quantitative estimate of drug-likeness (QED) is 0.505. The number of rotatable bonds is 3. The van der Waals surface area contributed by atoms with E-state index in [0.29, 0.717) is 5.75 Å². The van der Waals surface area contributed by atoms with Gasteiger partial charge in [0, 0.05) is 40.4 Å². The van der Waals surface area contributed by atoms with Gasteiger partial charge in [-0.2, -0.15) is 0 Å². The number of halogens is 2. The number of aromatic amines is 1. The Balaban J connectivity index is 2.01. The zero-order chi connectivity index (χ0) is 16.7. The van der Waals surface area contributed by atoms with Gasteiger partial charge in [-0.3, -0.25) is 0 Å². The Morgan fingerprint density at radius 3 is 2.79 bits per heavy atom. The average Bonchev–Trinajstić information content (AvgIpc) is 3.21. The molecule has 0 amide bonds. The molecule has 0 bridgehead atoms. The highest BCUT2D eigenvalue weighted by Gasteiger charge is 2.16. The van der Waals surface area contributed by atoms with Crippen molar-refractivity contribution in [1.82, 2.24) is 9.97 Å². The number of pyridine rings is 1. The van der Waals surface area contributed by atoms with Crippen molar-refractivity contribution in [1.29, 1.82) is 0 Å². The largest absolute Gasteiger partial charge is 0.496 e. The summed E-state index contributed by atoms with van der Waals surface area (Å²) in [5.74, 6) is 0.146. The lowest BCUT2D eigenvalue weighted by Crippen LogP contribution is -1.89. The molecule has 120 valence electrons. The van der Waals surface area contributed by atoms with Gasteiger partial charge in [-0.1, -0.05) is 11.6 Å². The highest BCUT2D eigenvalue weighted by atomic mass is 35.5. The van der Waals surface area contributed by atoms with Crippen LogP contribution in [0.5, 0.6) is 5.75 Å². The molecule has 1 N–H and O–H groups in total. The molecule has 4 rings (SSSR count). The molecular weight excluding hydrogens is 347 g/mol. The summed E-state index contributed by atoms with van der Waals surface area (Å²) in [7, 11) is 1.53. The van der Waals surface area contributed by atoms with E-state index in [1.54, 1.807) is 12.3 Å². The van der Waals surface area contributed by atoms with Crippen molar-refractivity contribution < 1.29 is 9.13 Å². The van der Waals surface area contributed by atoms with E-state index in [2.05, 4.69) is 9.97 Å². The summed E-state index contributed by atoms with van der Waals surface area (Å²) < 4.78 is 19.6. The normalized spacial score (nSPS) is 11.1. The number of thiophene rings is 1. The maximum absolute atomic E-state index is 13.5. The molecule has 6 heteroatoms. The first-order valence-corrected chi connectivity index (χ1v) is 8.47. The van der Waals surface area contributed by atoms with Crippen LogP contribution in [0.4, 0.5) is 4.39 Å². The molecule has 0 saturated carbocycles. The predicted molar refractivity (Wildman–Crippen MR) is 96.4 cm³/mol. The van der Waals surface area contributed by atoms with E-state index in [1.165, 1.54) is 30.6 Å². The van der Waals surface area contributed by atoms with E-state index in [1.807, 2.05) is 23.7 Å². The summed E-state index contributed by atoms with van der Waals surface area (Å²) in [4.78, 5) is 7.57. The van der Waals surface area contributed by atoms with Crippen molar-refractivity contribution in [3.8, 4) is 28.0 Å². The Bertz CT molecular complexity index is 1040. The number of hydrogen-bond acceptors (Lipinski definition) is 3. The lowest BCUT2D eigenvalue weighted by molar-refractivity contribution is 0.413. The van der Waals surface area contributed by atoms with Crippen LogP contribution in [0.2, 0.25) is 4.34 Å². The van der Waals surface area contributed by atoms with E-state index in [9.17, 15) is 4.39 Å². The molecule has 3 aromatic heterocycles. The van der Waals surface area contributed by atoms with Gasteiger partial charge in [-0.15, -0.1) is 11.3 Å². The van der Waals surface area contributed by atoms with Gasteiger partial charge in [0.25, 0.3) is 0 Å². The minimum absolute atomic E-state index is 0.335. The van der Waals surface area contributed by atoms with Crippen LogP contribution in [0.15, 0.2) is 48.1 Å². The highest BCUT2D eigenvalue weighted by Crippen LogP contribution is 2.40. The molecule has 0 atom stereocenters. The Kier molecular flexibility index (Phi) is 3.75. The van der Waals surface area contributed by atoms with Crippen LogP contribution in [0.3, 0.4) is 0 Å². The summed E-state index contributed by atoms with van der Waals surface area (Å²) in [5, 5.41) is 2.97. The van der Waals surface area contributed by atoms with Crippen LogP contribution in [0.25, 0.3) is 33.3 Å². The van der Waals surface area contributed by atoms with E-state index in [0.717, 1.165) is 37.6 Å². The molecule has 3 heterocycles. The van der Waals surface area contributed by atoms with Crippen LogP contribution < -0.4 is 4.74 Å². The van der Waals surface area contributed by atoms with Crippen molar-refractivity contribution in [3.05, 3.63) is 58.3 Å². The molecule has 0 radical (unpaired) electrons. The second-order valence-electron chi connectivity index (χ2n) is 5.27. The van der Waals surface area contributed by atoms with Gasteiger partial charge in [-0.05, 0) is 35.4 Å². The molecule has 0 saturated heterocycles. The van der Waals surface area contributed by atoms with Crippen molar-refractivity contribution in [3.63, 3.8) is 0 Å². The van der Waals surface area contributed by atoms with Crippen LogP contribution >= 0.6 is 22.9 Å². The lowest BCUT2D eigenvalue weighted by Gasteiger charge is -2.09. The van der Waals surface area contributed by atoms with Gasteiger partial charge in [0.15, 0.2) is 0 Å². The highest BCUT2D eigenvalue weighted by molar-refractivity contribution is 7.14. The summed E-state index contributed by atoms with van der Waals surface area (Å²) in [6, 6.07) is 8.40. The minimum atomic E-state index is -0.335. The number of ether oxygens (including phenoxy) is 1. The summed E-state index contributed by atoms with van der Waals surface area (Å²) >= 11 is 7.57. The minimum Gasteiger partial charge on any atom is -0.496 e. The van der Waals surface area contributed by atoms with Gasteiger partial charge in [0.2, 0.25) is 0 Å². The Morgan fingerprint density at radius 1 is 1.17 bits per heavy atom. The zero-order valence-electron chi connectivity index (χ0n) is 12.6. The van der Waals surface area contributed by atoms with E-state index >= 15 is 0 Å². The van der Waals surface area contributed by atoms with Crippen molar-refractivity contribution in [2.24, 2.45) is 0 Å². The van der Waals surface area contributed by atoms with Gasteiger partial charge >= 0.3 is 0 Å². The number of methoxy groups -OCH3 is 1. The maximum Gasteiger partial charge on any atom is 0.138 e. The third-order valence-electron chi connectivity index (χ3n) is 3.91. The summed E-state index contributed by atoms with van der Waals surface area (Å²) in [6.45, 7) is 0. The first kappa shape index (κ1) is 15.2. The number of H-pyrrole nitrogens is 1. The SMILES string of the molecule is COc1cc(F)ccc1-c1c[nH]c2nccc(-c3csc(Cl)c3)c12. The van der Waals surface area contributed by atoms with Crippen molar-refractivity contribution >= 4 is 34.0 Å². The van der Waals surface area contributed by atoms with Crippen molar-refractivity contribution in [2.45, 2.75) is 0 Å². The molecule has 4 aromatic rings. The number of nitrogens with zero attached hydrogens (tertiary/aromatic N) is 1. The topological polar surface area (TPSA) is 37.9 Å². The molecule has 0 aliphatic rings. The molecule has 3 nitrogen and oxygen atoms in total. The number of fused-ring (bicyclic) bond motifs is 1. The molecule has 24 heavy (non-hydrogen) atoms. The Labute approximate surface area is 146 Å². The molecule has 0 unspecified atom stereocenters. The zero-order valence-corrected chi connectivity index (χ0v) is 14.2. The van der Waals surface area contributed by atoms with Crippen LogP contribution in [0, 0.1) is 5.82 Å². The Hall–Kier alpha value is -2.37. The fourth-order valence-corrected chi connectivity index (χ4v) is 3.73. The first-order chi connectivity index (χ1) is 11.7. The van der Waals surface area contributed by atoms with E-state index in [4.69, 9.17) is 16.3 Å². The standard InChI is InChI=1S/C18H12ClFN2OS/c1-23-15-7-11(20)2-3-13(15)14-8-22-18-17(14)12(4-5-21-18)10-6-16(19)24-9-10/h2-9H,1H3,(H,21,22). The maximum atomic E-state index is 13.5. The number of nitrogens with one attached hydrogen (secondary N) is 1. The molecule has 1 aromatic carbocycles. The number of benzene rings is 1. The molecule has 0 aliphatic carbocycles. The summed E-state index contributed by atoms with van der Waals surface area (Å²) in [5.41, 5.74) is 4.52. The van der Waals surface area contributed by atoms with Gasteiger partial charge in [0.05, 0.1) is 11.4 Å². The fraction of sp³-hybridized carbons (Fsp3) is 0.0556. The lowest BCUT2D eigenvalue weighted by atomic mass is 9.99. The van der Waals surface area contributed by atoms with E-state index < -0.39 is 0 Å². The number of aromatic nitrogens is 2. The second kappa shape index (κ2) is 5.92. The molecular formula is C18H12ClFN2OS. The monoisotopic (exact) mass is 358 g/mol. The van der Waals surface area contributed by atoms with Gasteiger partial charge < -0.3 is 9.72 Å². The average molecular weight is 359 g/mol. The van der Waals surface area contributed by atoms with E-state index in [-0.39, 0.29) is 5.82 Å². The molecule has 0 spiro atoms. The first-order valence-electron chi connectivity index (χ1n) is 7.22. The third-order valence-corrected chi connectivity index (χ3v) is 5.00. The second-order valence-corrected chi connectivity index (χ2v) is 6.81. The fourth-order valence-electron chi connectivity index (χ4n) is 2.85. The number of hydrogen-bond donors (Lipinski definition) is 1.